The Kier molecular flexibility index (Phi) is 2.19. The van der Waals surface area contributed by atoms with E-state index < -0.39 is 0 Å². The lowest BCUT2D eigenvalue weighted by Gasteiger charge is -2.03. The average molecular weight is 193 g/mol. The zero-order valence-electron chi connectivity index (χ0n) is 7.68. The smallest absolute Gasteiger partial charge is 0.113 e. The van der Waals surface area contributed by atoms with Gasteiger partial charge in [0.05, 0.1) is 22.9 Å². The van der Waals surface area contributed by atoms with E-state index in [0.29, 0.717) is 16.8 Å². The van der Waals surface area contributed by atoms with Crippen LogP contribution in [0.4, 0.5) is 0 Å². The number of hydrogen-bond donors (Lipinski definition) is 0. The number of nitrogens with zero attached hydrogens (tertiary/aromatic N) is 4. The summed E-state index contributed by atoms with van der Waals surface area (Å²) in [7, 11) is 0. The molecule has 1 aromatic heterocycles. The molecule has 0 saturated heterocycles. The van der Waals surface area contributed by atoms with Gasteiger partial charge in [0.1, 0.15) is 12.3 Å². The van der Waals surface area contributed by atoms with E-state index in [9.17, 15) is 0 Å². The highest BCUT2D eigenvalue weighted by atomic mass is 15.3. The molecular weight excluding hydrogens is 188 g/mol. The summed E-state index contributed by atoms with van der Waals surface area (Å²) in [5, 5.41) is 21.5. The summed E-state index contributed by atoms with van der Waals surface area (Å²) < 4.78 is 1.54. The van der Waals surface area contributed by atoms with Gasteiger partial charge in [-0.2, -0.15) is 15.6 Å². The molecule has 1 heterocycles. The second-order valence-electron chi connectivity index (χ2n) is 2.84. The minimum absolute atomic E-state index is 0.422. The maximum Gasteiger partial charge on any atom is 0.113 e. The normalized spacial score (nSPS) is 9.20. The van der Waals surface area contributed by atoms with Crippen LogP contribution in [0.15, 0.2) is 30.5 Å². The lowest BCUT2D eigenvalue weighted by Crippen LogP contribution is -1.98. The van der Waals surface area contributed by atoms with Crippen molar-refractivity contribution < 1.29 is 0 Å². The van der Waals surface area contributed by atoms with Gasteiger partial charge in [0.2, 0.25) is 0 Å². The number of aromatic nitrogens is 2. The molecule has 0 amide bonds. The van der Waals surface area contributed by atoms with Gasteiger partial charge in [-0.15, -0.1) is 0 Å². The molecule has 1 aromatic carbocycles. The van der Waals surface area contributed by atoms with E-state index in [1.165, 1.54) is 6.07 Å². The average Bonchev–Trinajstić information content (AvgIpc) is 2.81. The first-order chi connectivity index (χ1) is 7.35. The summed E-state index contributed by atoms with van der Waals surface area (Å²) in [6, 6.07) is 10.6. The van der Waals surface area contributed by atoms with E-state index in [2.05, 4.69) is 11.3 Å². The fourth-order valence-corrected chi connectivity index (χ4v) is 1.26. The van der Waals surface area contributed by atoms with E-state index in [-0.39, 0.29) is 0 Å². The number of nitriles is 2. The molecule has 0 aliphatic rings. The summed E-state index contributed by atoms with van der Waals surface area (Å²) in [5.74, 6) is 0. The van der Waals surface area contributed by atoms with Gasteiger partial charge >= 0.3 is 0 Å². The minimum atomic E-state index is 0.422. The molecule has 69 valence electrons. The predicted molar refractivity (Wildman–Crippen MR) is 51.8 cm³/mol. The molecule has 0 atom stereocenters. The van der Waals surface area contributed by atoms with E-state index in [4.69, 9.17) is 10.5 Å². The molecule has 1 radical (unpaired) electrons. The first-order valence-electron chi connectivity index (χ1n) is 4.21. The molecule has 0 unspecified atom stereocenters. The fraction of sp³-hybridized carbons (Fsp3) is 0. The van der Waals surface area contributed by atoms with Crippen molar-refractivity contribution in [1.82, 2.24) is 9.78 Å². The zero-order valence-corrected chi connectivity index (χ0v) is 7.68. The van der Waals surface area contributed by atoms with Crippen molar-refractivity contribution in [2.24, 2.45) is 0 Å². The van der Waals surface area contributed by atoms with Gasteiger partial charge in [-0.05, 0) is 24.3 Å². The van der Waals surface area contributed by atoms with Crippen LogP contribution in [0, 0.1) is 28.9 Å². The van der Waals surface area contributed by atoms with Crippen molar-refractivity contribution in [2.75, 3.05) is 0 Å². The van der Waals surface area contributed by atoms with Crippen LogP contribution in [0.2, 0.25) is 0 Å². The van der Waals surface area contributed by atoms with Crippen molar-refractivity contribution in [1.29, 1.82) is 10.5 Å². The molecule has 0 aliphatic heterocycles. The fourth-order valence-electron chi connectivity index (χ4n) is 1.26. The highest BCUT2D eigenvalue weighted by molar-refractivity contribution is 5.52. The van der Waals surface area contributed by atoms with Gasteiger partial charge in [0.15, 0.2) is 0 Å². The molecule has 4 heteroatoms. The van der Waals surface area contributed by atoms with Gasteiger partial charge < -0.3 is 0 Å². The van der Waals surface area contributed by atoms with Crippen LogP contribution in [-0.4, -0.2) is 9.78 Å². The monoisotopic (exact) mass is 193 g/mol. The minimum Gasteiger partial charge on any atom is -0.239 e. The molecule has 0 spiro atoms. The standard InChI is InChI=1S/C11H5N4/c12-7-9-2-3-11(10(6-9)8-13)15-5-1-4-14-15/h1-3,5-6H. The van der Waals surface area contributed by atoms with Gasteiger partial charge in [-0.25, -0.2) is 4.68 Å². The highest BCUT2D eigenvalue weighted by Crippen LogP contribution is 2.14. The van der Waals surface area contributed by atoms with Crippen molar-refractivity contribution in [3.63, 3.8) is 0 Å². The van der Waals surface area contributed by atoms with Crippen LogP contribution in [0.5, 0.6) is 0 Å². The van der Waals surface area contributed by atoms with E-state index in [1.807, 2.05) is 12.1 Å². The van der Waals surface area contributed by atoms with E-state index in [0.717, 1.165) is 0 Å². The summed E-state index contributed by atoms with van der Waals surface area (Å²) in [6.45, 7) is 0. The Hall–Kier alpha value is -2.59. The topological polar surface area (TPSA) is 65.4 Å². The number of benzene rings is 1. The molecule has 2 rings (SSSR count). The van der Waals surface area contributed by atoms with Gasteiger partial charge in [0, 0.05) is 6.20 Å². The lowest BCUT2D eigenvalue weighted by atomic mass is 10.1. The van der Waals surface area contributed by atoms with Crippen LogP contribution in [0.3, 0.4) is 0 Å². The summed E-state index contributed by atoms with van der Waals surface area (Å²) in [4.78, 5) is 0. The van der Waals surface area contributed by atoms with Crippen LogP contribution in [0.1, 0.15) is 11.1 Å². The van der Waals surface area contributed by atoms with Crippen molar-refractivity contribution >= 4 is 0 Å². The van der Waals surface area contributed by atoms with Crippen molar-refractivity contribution in [2.45, 2.75) is 0 Å². The first-order valence-corrected chi connectivity index (χ1v) is 4.21. The predicted octanol–water partition coefficient (Wildman–Crippen LogP) is 1.42. The molecule has 15 heavy (non-hydrogen) atoms. The van der Waals surface area contributed by atoms with Gasteiger partial charge in [-0.1, -0.05) is 0 Å². The van der Waals surface area contributed by atoms with Crippen LogP contribution in [0.25, 0.3) is 5.69 Å². The van der Waals surface area contributed by atoms with E-state index >= 15 is 0 Å². The Labute approximate surface area is 86.6 Å². The Morgan fingerprint density at radius 2 is 2.13 bits per heavy atom. The maximum absolute atomic E-state index is 8.93. The Bertz CT molecular complexity index is 555. The van der Waals surface area contributed by atoms with Crippen molar-refractivity contribution in [3.8, 4) is 17.8 Å². The maximum atomic E-state index is 8.93. The lowest BCUT2D eigenvalue weighted by molar-refractivity contribution is 0.874. The molecule has 0 N–H and O–H groups in total. The van der Waals surface area contributed by atoms with Crippen LogP contribution < -0.4 is 0 Å². The molecule has 0 fully saturated rings. The van der Waals surface area contributed by atoms with Gasteiger partial charge in [0.25, 0.3) is 0 Å². The zero-order chi connectivity index (χ0) is 10.7. The molecule has 4 nitrogen and oxygen atoms in total. The van der Waals surface area contributed by atoms with Crippen LogP contribution >= 0.6 is 0 Å². The summed E-state index contributed by atoms with van der Waals surface area (Å²) >= 11 is 0. The largest absolute Gasteiger partial charge is 0.239 e. The highest BCUT2D eigenvalue weighted by Gasteiger charge is 2.05. The molecule has 0 bridgehead atoms. The SMILES string of the molecule is N#Cc1ccc(-n2cc[c]n2)c(C#N)c1. The molecule has 0 aliphatic carbocycles. The number of hydrogen-bond acceptors (Lipinski definition) is 3. The third-order valence-electron chi connectivity index (χ3n) is 1.95. The summed E-state index contributed by atoms with van der Waals surface area (Å²) in [5.41, 5.74) is 1.54. The second kappa shape index (κ2) is 3.65. The molecule has 2 aromatic rings. The third kappa shape index (κ3) is 1.56. The van der Waals surface area contributed by atoms with Crippen molar-refractivity contribution in [3.05, 3.63) is 47.8 Å². The van der Waals surface area contributed by atoms with Gasteiger partial charge in [-0.3, -0.25) is 0 Å². The second-order valence-corrected chi connectivity index (χ2v) is 2.84. The first kappa shape index (κ1) is 8.98. The third-order valence-corrected chi connectivity index (χ3v) is 1.95. The molecular formula is C11H5N4. The number of rotatable bonds is 1. The van der Waals surface area contributed by atoms with E-state index in [1.54, 1.807) is 29.1 Å². The Morgan fingerprint density at radius 3 is 2.73 bits per heavy atom. The quantitative estimate of drug-likeness (QED) is 0.687. The molecule has 0 saturated carbocycles. The van der Waals surface area contributed by atoms with Crippen LogP contribution in [-0.2, 0) is 0 Å². The Morgan fingerprint density at radius 1 is 1.27 bits per heavy atom. The summed E-state index contributed by atoms with van der Waals surface area (Å²) in [6.07, 6.45) is 4.34. The Balaban J connectivity index is 2.60.